The van der Waals surface area contributed by atoms with E-state index in [-0.39, 0.29) is 5.56 Å². The van der Waals surface area contributed by atoms with Crippen molar-refractivity contribution in [2.24, 2.45) is 5.92 Å². The van der Waals surface area contributed by atoms with E-state index in [0.717, 1.165) is 31.5 Å². The van der Waals surface area contributed by atoms with Gasteiger partial charge in [0.15, 0.2) is 0 Å². The number of carboxylic acids is 1. The minimum Gasteiger partial charge on any atom is -0.478 e. The van der Waals surface area contributed by atoms with Crippen molar-refractivity contribution in [2.75, 3.05) is 31.6 Å². The summed E-state index contributed by atoms with van der Waals surface area (Å²) in [7, 11) is 2.10. The Hall–Kier alpha value is -2.08. The summed E-state index contributed by atoms with van der Waals surface area (Å²) < 4.78 is 5.60. The third-order valence-electron chi connectivity index (χ3n) is 4.64. The van der Waals surface area contributed by atoms with Gasteiger partial charge < -0.3 is 14.7 Å². The molecule has 0 spiro atoms. The van der Waals surface area contributed by atoms with E-state index in [2.05, 4.69) is 11.9 Å². The molecule has 0 saturated carbocycles. The second-order valence-corrected chi connectivity index (χ2v) is 8.14. The van der Waals surface area contributed by atoms with Crippen molar-refractivity contribution < 1.29 is 19.4 Å². The van der Waals surface area contributed by atoms with Crippen molar-refractivity contribution in [3.05, 3.63) is 29.3 Å². The van der Waals surface area contributed by atoms with Crippen LogP contribution >= 0.6 is 0 Å². The lowest BCUT2D eigenvalue weighted by molar-refractivity contribution is 0.0567. The van der Waals surface area contributed by atoms with E-state index in [9.17, 15) is 14.7 Å². The average Bonchev–Trinajstić information content (AvgIpc) is 2.53. The van der Waals surface area contributed by atoms with Crippen molar-refractivity contribution in [2.45, 2.75) is 46.1 Å². The molecule has 1 aromatic rings. The first-order valence-corrected chi connectivity index (χ1v) is 9.10. The van der Waals surface area contributed by atoms with Crippen LogP contribution < -0.4 is 4.90 Å². The van der Waals surface area contributed by atoms with Crippen LogP contribution in [0.5, 0.6) is 0 Å². The van der Waals surface area contributed by atoms with E-state index in [1.807, 2.05) is 27.7 Å². The predicted molar refractivity (Wildman–Crippen MR) is 102 cm³/mol. The van der Waals surface area contributed by atoms with E-state index in [1.165, 1.54) is 0 Å². The topological polar surface area (TPSA) is 70.1 Å². The molecule has 1 aromatic carbocycles. The highest BCUT2D eigenvalue weighted by atomic mass is 16.6. The molecule has 6 nitrogen and oxygen atoms in total. The van der Waals surface area contributed by atoms with E-state index in [0.29, 0.717) is 18.2 Å². The number of benzene rings is 1. The van der Waals surface area contributed by atoms with Crippen LogP contribution in [0.2, 0.25) is 0 Å². The van der Waals surface area contributed by atoms with E-state index in [4.69, 9.17) is 4.74 Å². The molecule has 1 amide bonds. The van der Waals surface area contributed by atoms with Crippen molar-refractivity contribution in [3.8, 4) is 0 Å². The fraction of sp³-hybridized carbons (Fsp3) is 0.600. The van der Waals surface area contributed by atoms with E-state index < -0.39 is 17.7 Å². The molecule has 1 saturated heterocycles. The van der Waals surface area contributed by atoms with Crippen molar-refractivity contribution in [1.29, 1.82) is 0 Å². The van der Waals surface area contributed by atoms with Gasteiger partial charge in [-0.2, -0.15) is 0 Å². The maximum atomic E-state index is 12.9. The molecule has 1 fully saturated rings. The van der Waals surface area contributed by atoms with Crippen LogP contribution in [-0.4, -0.2) is 54.4 Å². The molecule has 2 rings (SSSR count). The van der Waals surface area contributed by atoms with Gasteiger partial charge in [-0.15, -0.1) is 0 Å². The molecule has 0 aromatic heterocycles. The third kappa shape index (κ3) is 5.46. The maximum absolute atomic E-state index is 12.9. The van der Waals surface area contributed by atoms with Crippen LogP contribution in [0.1, 0.15) is 49.5 Å². The zero-order valence-corrected chi connectivity index (χ0v) is 16.4. The van der Waals surface area contributed by atoms with Crippen LogP contribution in [0.15, 0.2) is 18.2 Å². The summed E-state index contributed by atoms with van der Waals surface area (Å²) in [5.41, 5.74) is 1.02. The number of aryl methyl sites for hydroxylation is 1. The van der Waals surface area contributed by atoms with Gasteiger partial charge in [-0.3, -0.25) is 4.90 Å². The van der Waals surface area contributed by atoms with Crippen LogP contribution in [-0.2, 0) is 4.74 Å². The molecule has 1 aliphatic heterocycles. The number of carbonyl (C=O) groups excluding carboxylic acids is 1. The number of rotatable bonds is 4. The fourth-order valence-electron chi connectivity index (χ4n) is 3.12. The molecule has 6 heteroatoms. The van der Waals surface area contributed by atoms with Crippen molar-refractivity contribution in [1.82, 2.24) is 4.90 Å². The molecule has 1 N–H and O–H groups in total. The first kappa shape index (κ1) is 20.2. The van der Waals surface area contributed by atoms with Crippen LogP contribution in [0.3, 0.4) is 0 Å². The summed E-state index contributed by atoms with van der Waals surface area (Å²) in [6, 6.07) is 4.87. The molecule has 0 bridgehead atoms. The molecule has 1 aliphatic rings. The molecule has 144 valence electrons. The third-order valence-corrected chi connectivity index (χ3v) is 4.64. The number of carbonyl (C=O) groups is 2. The van der Waals surface area contributed by atoms with Gasteiger partial charge in [0.05, 0.1) is 11.3 Å². The quantitative estimate of drug-likeness (QED) is 0.883. The number of likely N-dealkylation sites (tertiary alicyclic amines) is 1. The van der Waals surface area contributed by atoms with Gasteiger partial charge in [-0.1, -0.05) is 6.07 Å². The Labute approximate surface area is 155 Å². The number of anilines is 1. The van der Waals surface area contributed by atoms with E-state index >= 15 is 0 Å². The van der Waals surface area contributed by atoms with Gasteiger partial charge in [-0.05, 0) is 84.3 Å². The number of carboxylic acid groups (broad SMARTS) is 1. The van der Waals surface area contributed by atoms with E-state index in [1.54, 1.807) is 23.1 Å². The highest BCUT2D eigenvalue weighted by Gasteiger charge is 2.28. The molecule has 0 radical (unpaired) electrons. The fourth-order valence-corrected chi connectivity index (χ4v) is 3.12. The van der Waals surface area contributed by atoms with Gasteiger partial charge in [0.1, 0.15) is 5.60 Å². The number of nitrogens with zero attached hydrogens (tertiary/aromatic N) is 2. The lowest BCUT2D eigenvalue weighted by Gasteiger charge is -2.34. The van der Waals surface area contributed by atoms with Gasteiger partial charge in [0.25, 0.3) is 0 Å². The van der Waals surface area contributed by atoms with Crippen LogP contribution in [0.25, 0.3) is 0 Å². The normalized spacial score (nSPS) is 16.3. The standard InChI is InChI=1S/C20H30N2O4/c1-14-6-7-16(18(23)24)12-17(14)22(19(25)26-20(2,3)4)13-15-8-10-21(5)11-9-15/h6-7,12,15H,8-11,13H2,1-5H3,(H,23,24). The zero-order valence-electron chi connectivity index (χ0n) is 16.4. The lowest BCUT2D eigenvalue weighted by atomic mass is 9.96. The number of hydrogen-bond acceptors (Lipinski definition) is 4. The molecule has 1 heterocycles. The Morgan fingerprint density at radius 1 is 1.27 bits per heavy atom. The van der Waals surface area contributed by atoms with Gasteiger partial charge in [-0.25, -0.2) is 9.59 Å². The first-order chi connectivity index (χ1) is 12.1. The monoisotopic (exact) mass is 362 g/mol. The molecule has 0 atom stereocenters. The summed E-state index contributed by atoms with van der Waals surface area (Å²) in [6.07, 6.45) is 1.59. The molecular weight excluding hydrogens is 332 g/mol. The molecule has 0 aliphatic carbocycles. The number of aromatic carboxylic acids is 1. The molecular formula is C20H30N2O4. The van der Waals surface area contributed by atoms with Crippen LogP contribution in [0, 0.1) is 12.8 Å². The number of amides is 1. The van der Waals surface area contributed by atoms with Gasteiger partial charge >= 0.3 is 12.1 Å². The first-order valence-electron chi connectivity index (χ1n) is 9.10. The summed E-state index contributed by atoms with van der Waals surface area (Å²) in [5.74, 6) is -0.638. The number of piperidine rings is 1. The number of hydrogen-bond donors (Lipinski definition) is 1. The van der Waals surface area contributed by atoms with Crippen molar-refractivity contribution >= 4 is 17.7 Å². The summed E-state index contributed by atoms with van der Waals surface area (Å²) in [5, 5.41) is 9.32. The summed E-state index contributed by atoms with van der Waals surface area (Å²) >= 11 is 0. The van der Waals surface area contributed by atoms with Gasteiger partial charge in [0.2, 0.25) is 0 Å². The van der Waals surface area contributed by atoms with Gasteiger partial charge in [0, 0.05) is 6.54 Å². The lowest BCUT2D eigenvalue weighted by Crippen LogP contribution is -2.42. The zero-order chi connectivity index (χ0) is 19.5. The highest BCUT2D eigenvalue weighted by Crippen LogP contribution is 2.27. The minimum atomic E-state index is -1.00. The summed E-state index contributed by atoms with van der Waals surface area (Å²) in [6.45, 7) is 9.92. The Bertz CT molecular complexity index is 658. The number of ether oxygens (including phenoxy) is 1. The summed E-state index contributed by atoms with van der Waals surface area (Å²) in [4.78, 5) is 28.1. The molecule has 26 heavy (non-hydrogen) atoms. The Morgan fingerprint density at radius 3 is 2.42 bits per heavy atom. The van der Waals surface area contributed by atoms with Crippen molar-refractivity contribution in [3.63, 3.8) is 0 Å². The second-order valence-electron chi connectivity index (χ2n) is 8.14. The Kier molecular flexibility index (Phi) is 6.29. The SMILES string of the molecule is Cc1ccc(C(=O)O)cc1N(CC1CCN(C)CC1)C(=O)OC(C)(C)C. The predicted octanol–water partition coefficient (Wildman–Crippen LogP) is 3.78. The smallest absolute Gasteiger partial charge is 0.414 e. The highest BCUT2D eigenvalue weighted by molar-refractivity contribution is 5.93. The minimum absolute atomic E-state index is 0.169. The average molecular weight is 362 g/mol. The molecule has 0 unspecified atom stereocenters. The van der Waals surface area contributed by atoms with Crippen LogP contribution in [0.4, 0.5) is 10.5 Å². The Balaban J connectivity index is 2.32. The maximum Gasteiger partial charge on any atom is 0.414 e. The second kappa shape index (κ2) is 8.08. The largest absolute Gasteiger partial charge is 0.478 e. The Morgan fingerprint density at radius 2 is 1.88 bits per heavy atom.